The Hall–Kier alpha value is -7.43. The number of aromatic nitrogens is 3. The standard InChI is InChI=1S/C51H31N3O/c1-3-14-33(15-4-1)39-20-11-12-21-40(39)37-26-28-45-44(30-37)48-46(55-45)31-43(42-27-25-34-16-9-10-22-41(34)47(42)48)51-53-49(35-17-5-2-6-18-35)52-50(54-51)38-24-23-32-13-7-8-19-36(32)29-38/h1-31H. The molecule has 0 aliphatic heterocycles. The zero-order chi connectivity index (χ0) is 36.3. The van der Waals surface area contributed by atoms with Gasteiger partial charge in [-0.05, 0) is 73.5 Å². The first-order valence-electron chi connectivity index (χ1n) is 18.5. The fraction of sp³-hybridized carbons (Fsp3) is 0. The van der Waals surface area contributed by atoms with Gasteiger partial charge in [-0.15, -0.1) is 0 Å². The van der Waals surface area contributed by atoms with Crippen LogP contribution in [0.15, 0.2) is 192 Å². The number of furan rings is 1. The fourth-order valence-corrected chi connectivity index (χ4v) is 8.08. The second kappa shape index (κ2) is 12.6. The summed E-state index contributed by atoms with van der Waals surface area (Å²) in [5.41, 5.74) is 9.07. The molecule has 0 N–H and O–H groups in total. The lowest BCUT2D eigenvalue weighted by molar-refractivity contribution is 0.669. The Kier molecular flexibility index (Phi) is 7.14. The maximum Gasteiger partial charge on any atom is 0.164 e. The molecule has 0 bridgehead atoms. The predicted octanol–water partition coefficient (Wildman–Crippen LogP) is 13.6. The van der Waals surface area contributed by atoms with Crippen LogP contribution in [0.2, 0.25) is 0 Å². The van der Waals surface area contributed by atoms with E-state index in [1.807, 2.05) is 30.3 Å². The predicted molar refractivity (Wildman–Crippen MR) is 227 cm³/mol. The molecule has 11 rings (SSSR count). The summed E-state index contributed by atoms with van der Waals surface area (Å²) in [5, 5.41) is 8.93. The van der Waals surface area contributed by atoms with E-state index in [1.165, 1.54) is 22.1 Å². The molecule has 0 aliphatic carbocycles. The van der Waals surface area contributed by atoms with Crippen molar-refractivity contribution >= 4 is 54.3 Å². The van der Waals surface area contributed by atoms with Crippen LogP contribution < -0.4 is 0 Å². The highest BCUT2D eigenvalue weighted by Gasteiger charge is 2.21. The molecule has 0 unspecified atom stereocenters. The highest BCUT2D eigenvalue weighted by molar-refractivity contribution is 6.29. The Labute approximate surface area is 317 Å². The third-order valence-corrected chi connectivity index (χ3v) is 10.7. The van der Waals surface area contributed by atoms with Gasteiger partial charge in [-0.1, -0.05) is 164 Å². The SMILES string of the molecule is c1ccc(-c2nc(-c3ccc4ccccc4c3)nc(-c3cc4oc5ccc(-c6ccccc6-c6ccccc6)cc5c4c4c3ccc3ccccc34)n2)cc1. The number of nitrogens with zero attached hydrogens (tertiary/aromatic N) is 3. The third kappa shape index (κ3) is 5.26. The molecular weight excluding hydrogens is 671 g/mol. The van der Waals surface area contributed by atoms with Crippen molar-refractivity contribution in [1.29, 1.82) is 0 Å². The molecule has 0 radical (unpaired) electrons. The summed E-state index contributed by atoms with van der Waals surface area (Å²) in [6.07, 6.45) is 0. The Morgan fingerprint density at radius 1 is 0.291 bits per heavy atom. The molecule has 11 aromatic rings. The molecule has 0 atom stereocenters. The Bertz CT molecular complexity index is 3260. The average Bonchev–Trinajstić information content (AvgIpc) is 3.64. The molecule has 2 heterocycles. The molecule has 256 valence electrons. The Balaban J connectivity index is 1.19. The lowest BCUT2D eigenvalue weighted by Crippen LogP contribution is -2.00. The molecule has 2 aromatic heterocycles. The van der Waals surface area contributed by atoms with E-state index in [0.29, 0.717) is 17.5 Å². The molecule has 0 saturated carbocycles. The summed E-state index contributed by atoms with van der Waals surface area (Å²) in [6, 6.07) is 65.8. The number of benzene rings is 9. The molecule has 55 heavy (non-hydrogen) atoms. The van der Waals surface area contributed by atoms with Crippen LogP contribution in [0.25, 0.3) is 111 Å². The second-order valence-corrected chi connectivity index (χ2v) is 14.0. The molecule has 0 aliphatic rings. The van der Waals surface area contributed by atoms with Gasteiger partial charge in [0.2, 0.25) is 0 Å². The molecular formula is C51H31N3O. The van der Waals surface area contributed by atoms with E-state index in [2.05, 4.69) is 158 Å². The normalized spacial score (nSPS) is 11.6. The van der Waals surface area contributed by atoms with Crippen LogP contribution >= 0.6 is 0 Å². The minimum absolute atomic E-state index is 0.595. The number of rotatable bonds is 5. The van der Waals surface area contributed by atoms with Gasteiger partial charge in [-0.2, -0.15) is 0 Å². The van der Waals surface area contributed by atoms with Crippen LogP contribution in [0.5, 0.6) is 0 Å². The van der Waals surface area contributed by atoms with Crippen LogP contribution in [0.4, 0.5) is 0 Å². The first-order chi connectivity index (χ1) is 27.2. The number of hydrogen-bond acceptors (Lipinski definition) is 4. The van der Waals surface area contributed by atoms with Gasteiger partial charge in [0.25, 0.3) is 0 Å². The first kappa shape index (κ1) is 31.1. The summed E-state index contributed by atoms with van der Waals surface area (Å²) in [6.45, 7) is 0. The van der Waals surface area contributed by atoms with E-state index < -0.39 is 0 Å². The van der Waals surface area contributed by atoms with Gasteiger partial charge < -0.3 is 4.42 Å². The van der Waals surface area contributed by atoms with Crippen molar-refractivity contribution in [1.82, 2.24) is 15.0 Å². The lowest BCUT2D eigenvalue weighted by Gasteiger charge is -2.13. The van der Waals surface area contributed by atoms with Gasteiger partial charge in [0.15, 0.2) is 17.5 Å². The van der Waals surface area contributed by atoms with E-state index in [9.17, 15) is 0 Å². The fourth-order valence-electron chi connectivity index (χ4n) is 8.08. The van der Waals surface area contributed by atoms with Gasteiger partial charge in [0.05, 0.1) is 0 Å². The van der Waals surface area contributed by atoms with Crippen LogP contribution in [-0.2, 0) is 0 Å². The van der Waals surface area contributed by atoms with Gasteiger partial charge in [-0.3, -0.25) is 0 Å². The second-order valence-electron chi connectivity index (χ2n) is 14.0. The van der Waals surface area contributed by atoms with E-state index in [0.717, 1.165) is 71.1 Å². The molecule has 4 heteroatoms. The minimum atomic E-state index is 0.595. The van der Waals surface area contributed by atoms with Crippen molar-refractivity contribution in [2.45, 2.75) is 0 Å². The number of hydrogen-bond donors (Lipinski definition) is 0. The van der Waals surface area contributed by atoms with Crippen LogP contribution in [-0.4, -0.2) is 15.0 Å². The topological polar surface area (TPSA) is 51.8 Å². The zero-order valence-corrected chi connectivity index (χ0v) is 29.6. The molecule has 4 nitrogen and oxygen atoms in total. The summed E-state index contributed by atoms with van der Waals surface area (Å²) >= 11 is 0. The number of fused-ring (bicyclic) bond motifs is 8. The van der Waals surface area contributed by atoms with Crippen molar-refractivity contribution in [2.75, 3.05) is 0 Å². The van der Waals surface area contributed by atoms with Gasteiger partial charge in [0.1, 0.15) is 11.2 Å². The molecule has 0 spiro atoms. The largest absolute Gasteiger partial charge is 0.456 e. The van der Waals surface area contributed by atoms with E-state index in [-0.39, 0.29) is 0 Å². The third-order valence-electron chi connectivity index (χ3n) is 10.7. The molecule has 0 amide bonds. The maximum absolute atomic E-state index is 6.78. The summed E-state index contributed by atoms with van der Waals surface area (Å²) in [4.78, 5) is 15.5. The van der Waals surface area contributed by atoms with Crippen LogP contribution in [0.3, 0.4) is 0 Å². The zero-order valence-electron chi connectivity index (χ0n) is 29.6. The molecule has 0 saturated heterocycles. The van der Waals surface area contributed by atoms with Crippen molar-refractivity contribution in [3.63, 3.8) is 0 Å². The van der Waals surface area contributed by atoms with Gasteiger partial charge >= 0.3 is 0 Å². The molecule has 0 fully saturated rings. The quantitative estimate of drug-likeness (QED) is 0.168. The molecule has 9 aromatic carbocycles. The van der Waals surface area contributed by atoms with Crippen molar-refractivity contribution in [3.05, 3.63) is 188 Å². The van der Waals surface area contributed by atoms with E-state index in [1.54, 1.807) is 0 Å². The Morgan fingerprint density at radius 2 is 0.891 bits per heavy atom. The Morgan fingerprint density at radius 3 is 1.69 bits per heavy atom. The lowest BCUT2D eigenvalue weighted by atomic mass is 9.91. The van der Waals surface area contributed by atoms with Crippen LogP contribution in [0.1, 0.15) is 0 Å². The summed E-state index contributed by atoms with van der Waals surface area (Å²) in [5.74, 6) is 1.83. The van der Waals surface area contributed by atoms with E-state index >= 15 is 0 Å². The first-order valence-corrected chi connectivity index (χ1v) is 18.5. The van der Waals surface area contributed by atoms with Gasteiger partial charge in [0, 0.05) is 32.8 Å². The van der Waals surface area contributed by atoms with Crippen molar-refractivity contribution < 1.29 is 4.42 Å². The van der Waals surface area contributed by atoms with E-state index in [4.69, 9.17) is 19.4 Å². The highest BCUT2D eigenvalue weighted by atomic mass is 16.3. The van der Waals surface area contributed by atoms with Gasteiger partial charge in [-0.25, -0.2) is 15.0 Å². The summed E-state index contributed by atoms with van der Waals surface area (Å²) < 4.78 is 6.78. The van der Waals surface area contributed by atoms with Crippen molar-refractivity contribution in [2.24, 2.45) is 0 Å². The highest BCUT2D eigenvalue weighted by Crippen LogP contribution is 2.44. The van der Waals surface area contributed by atoms with Crippen LogP contribution in [0, 0.1) is 0 Å². The smallest absolute Gasteiger partial charge is 0.164 e. The monoisotopic (exact) mass is 701 g/mol. The average molecular weight is 702 g/mol. The van der Waals surface area contributed by atoms with Crippen molar-refractivity contribution in [3.8, 4) is 56.4 Å². The summed E-state index contributed by atoms with van der Waals surface area (Å²) in [7, 11) is 0. The maximum atomic E-state index is 6.78. The minimum Gasteiger partial charge on any atom is -0.456 e.